The first-order valence-electron chi connectivity index (χ1n) is 7.02. The maximum absolute atomic E-state index is 12.1. The van der Waals surface area contributed by atoms with E-state index in [-0.39, 0.29) is 5.91 Å². The molecule has 1 aromatic rings. The summed E-state index contributed by atoms with van der Waals surface area (Å²) in [5, 5.41) is 6.11. The molecule has 5 nitrogen and oxygen atoms in total. The molecule has 1 atom stereocenters. The summed E-state index contributed by atoms with van der Waals surface area (Å²) in [4.78, 5) is 14.3. The minimum Gasteiger partial charge on any atom is -0.495 e. The Morgan fingerprint density at radius 2 is 2.25 bits per heavy atom. The van der Waals surface area contributed by atoms with Crippen LogP contribution in [0, 0.1) is 5.92 Å². The van der Waals surface area contributed by atoms with E-state index in [1.807, 2.05) is 31.3 Å². The number of carbonyl (C=O) groups is 1. The Balaban J connectivity index is 1.84. The van der Waals surface area contributed by atoms with E-state index in [1.54, 1.807) is 7.11 Å². The maximum atomic E-state index is 12.1. The Hall–Kier alpha value is -1.59. The van der Waals surface area contributed by atoms with Crippen molar-refractivity contribution >= 4 is 11.6 Å². The highest BCUT2D eigenvalue weighted by Crippen LogP contribution is 2.23. The first-order valence-corrected chi connectivity index (χ1v) is 7.02. The molecule has 2 N–H and O–H groups in total. The molecular formula is C15H23N3O2. The number of hydrogen-bond acceptors (Lipinski definition) is 4. The second-order valence-electron chi connectivity index (χ2n) is 5.20. The van der Waals surface area contributed by atoms with Crippen molar-refractivity contribution in [1.29, 1.82) is 0 Å². The molecule has 1 fully saturated rings. The van der Waals surface area contributed by atoms with Gasteiger partial charge in [0, 0.05) is 6.54 Å². The van der Waals surface area contributed by atoms with Crippen molar-refractivity contribution in [2.75, 3.05) is 45.7 Å². The highest BCUT2D eigenvalue weighted by molar-refractivity contribution is 5.93. The standard InChI is InChI=1S/C15H23N3O2/c1-16-9-12-7-8-18(10-12)11-15(19)17-13-5-3-4-6-14(13)20-2/h3-6,12,16H,7-11H2,1-2H3,(H,17,19). The zero-order chi connectivity index (χ0) is 14.4. The molecule has 1 aromatic carbocycles. The monoisotopic (exact) mass is 277 g/mol. The Bertz CT molecular complexity index is 450. The van der Waals surface area contributed by atoms with Gasteiger partial charge in [-0.05, 0) is 44.6 Å². The first kappa shape index (κ1) is 14.8. The van der Waals surface area contributed by atoms with E-state index in [4.69, 9.17) is 4.74 Å². The molecule has 0 radical (unpaired) electrons. The quantitative estimate of drug-likeness (QED) is 0.820. The number of anilines is 1. The largest absolute Gasteiger partial charge is 0.495 e. The normalized spacial score (nSPS) is 19.0. The highest BCUT2D eigenvalue weighted by atomic mass is 16.5. The molecule has 5 heteroatoms. The summed E-state index contributed by atoms with van der Waals surface area (Å²) in [6, 6.07) is 7.47. The van der Waals surface area contributed by atoms with E-state index in [9.17, 15) is 4.79 Å². The van der Waals surface area contributed by atoms with Gasteiger partial charge in [-0.25, -0.2) is 0 Å². The molecule has 0 saturated carbocycles. The van der Waals surface area contributed by atoms with Gasteiger partial charge in [0.15, 0.2) is 0 Å². The molecule has 0 spiro atoms. The topological polar surface area (TPSA) is 53.6 Å². The summed E-state index contributed by atoms with van der Waals surface area (Å²) in [5.41, 5.74) is 0.728. The van der Waals surface area contributed by atoms with Crippen LogP contribution in [0.25, 0.3) is 0 Å². The smallest absolute Gasteiger partial charge is 0.238 e. The third-order valence-electron chi connectivity index (χ3n) is 3.61. The van der Waals surface area contributed by atoms with Crippen molar-refractivity contribution in [2.45, 2.75) is 6.42 Å². The van der Waals surface area contributed by atoms with Crippen LogP contribution in [0.3, 0.4) is 0 Å². The number of nitrogens with zero attached hydrogens (tertiary/aromatic N) is 1. The third kappa shape index (κ3) is 3.95. The van der Waals surface area contributed by atoms with Crippen molar-refractivity contribution in [3.05, 3.63) is 24.3 Å². The van der Waals surface area contributed by atoms with E-state index in [0.717, 1.165) is 31.7 Å². The summed E-state index contributed by atoms with van der Waals surface area (Å²) >= 11 is 0. The molecule has 0 bridgehead atoms. The zero-order valence-electron chi connectivity index (χ0n) is 12.2. The van der Waals surface area contributed by atoms with Crippen LogP contribution in [0.5, 0.6) is 5.75 Å². The van der Waals surface area contributed by atoms with Crippen LogP contribution in [0.15, 0.2) is 24.3 Å². The molecule has 20 heavy (non-hydrogen) atoms. The molecule has 1 saturated heterocycles. The van der Waals surface area contributed by atoms with Crippen molar-refractivity contribution < 1.29 is 9.53 Å². The average Bonchev–Trinajstić information content (AvgIpc) is 2.87. The molecule has 1 unspecified atom stereocenters. The van der Waals surface area contributed by atoms with Gasteiger partial charge in [-0.1, -0.05) is 12.1 Å². The summed E-state index contributed by atoms with van der Waals surface area (Å²) in [6.45, 7) is 3.44. The molecule has 1 aliphatic rings. The van der Waals surface area contributed by atoms with E-state index in [0.29, 0.717) is 18.2 Å². The predicted molar refractivity (Wildman–Crippen MR) is 80.1 cm³/mol. The fourth-order valence-electron chi connectivity index (χ4n) is 2.65. The minimum absolute atomic E-state index is 0.0135. The van der Waals surface area contributed by atoms with E-state index < -0.39 is 0 Å². The van der Waals surface area contributed by atoms with Crippen LogP contribution < -0.4 is 15.4 Å². The van der Waals surface area contributed by atoms with Crippen molar-refractivity contribution in [3.63, 3.8) is 0 Å². The molecule has 1 amide bonds. The zero-order valence-corrected chi connectivity index (χ0v) is 12.2. The number of carbonyl (C=O) groups excluding carboxylic acids is 1. The number of benzene rings is 1. The molecule has 110 valence electrons. The number of hydrogen-bond donors (Lipinski definition) is 2. The van der Waals surface area contributed by atoms with Gasteiger partial charge in [-0.3, -0.25) is 9.69 Å². The van der Waals surface area contributed by atoms with Crippen molar-refractivity contribution in [2.24, 2.45) is 5.92 Å². The van der Waals surface area contributed by atoms with Crippen LogP contribution in [0.1, 0.15) is 6.42 Å². The number of likely N-dealkylation sites (tertiary alicyclic amines) is 1. The third-order valence-corrected chi connectivity index (χ3v) is 3.61. The van der Waals surface area contributed by atoms with Crippen molar-refractivity contribution in [1.82, 2.24) is 10.2 Å². The Kier molecular flexibility index (Phi) is 5.38. The predicted octanol–water partition coefficient (Wildman–Crippen LogP) is 1.17. The number of ether oxygens (including phenoxy) is 1. The molecular weight excluding hydrogens is 254 g/mol. The SMILES string of the molecule is CNCC1CCN(CC(=O)Nc2ccccc2OC)C1. The number of amides is 1. The summed E-state index contributed by atoms with van der Waals surface area (Å²) in [7, 11) is 3.57. The fraction of sp³-hybridized carbons (Fsp3) is 0.533. The molecule has 0 aromatic heterocycles. The first-order chi connectivity index (χ1) is 9.72. The van der Waals surface area contributed by atoms with Gasteiger partial charge in [0.25, 0.3) is 0 Å². The van der Waals surface area contributed by atoms with Gasteiger partial charge >= 0.3 is 0 Å². The Morgan fingerprint density at radius 3 is 3.00 bits per heavy atom. The van der Waals surface area contributed by atoms with E-state index in [1.165, 1.54) is 0 Å². The lowest BCUT2D eigenvalue weighted by atomic mass is 10.1. The van der Waals surface area contributed by atoms with Crippen LogP contribution in [-0.4, -0.2) is 51.1 Å². The van der Waals surface area contributed by atoms with E-state index in [2.05, 4.69) is 15.5 Å². The maximum Gasteiger partial charge on any atom is 0.238 e. The number of methoxy groups -OCH3 is 1. The van der Waals surface area contributed by atoms with Gasteiger partial charge in [0.2, 0.25) is 5.91 Å². The second kappa shape index (κ2) is 7.26. The number of nitrogens with one attached hydrogen (secondary N) is 2. The van der Waals surface area contributed by atoms with Crippen molar-refractivity contribution in [3.8, 4) is 5.75 Å². The molecule has 1 heterocycles. The summed E-state index contributed by atoms with van der Waals surface area (Å²) in [5.74, 6) is 1.36. The highest BCUT2D eigenvalue weighted by Gasteiger charge is 2.23. The average molecular weight is 277 g/mol. The van der Waals surface area contributed by atoms with Gasteiger partial charge in [-0.2, -0.15) is 0 Å². The van der Waals surface area contributed by atoms with E-state index >= 15 is 0 Å². The molecule has 0 aliphatic carbocycles. The lowest BCUT2D eigenvalue weighted by molar-refractivity contribution is -0.117. The molecule has 1 aliphatic heterocycles. The summed E-state index contributed by atoms with van der Waals surface area (Å²) < 4.78 is 5.23. The van der Waals surface area contributed by atoms with Gasteiger partial charge in [-0.15, -0.1) is 0 Å². The Morgan fingerprint density at radius 1 is 1.45 bits per heavy atom. The van der Waals surface area contributed by atoms with Gasteiger partial charge in [0.1, 0.15) is 5.75 Å². The number of rotatable bonds is 6. The van der Waals surface area contributed by atoms with Gasteiger partial charge < -0.3 is 15.4 Å². The second-order valence-corrected chi connectivity index (χ2v) is 5.20. The lowest BCUT2D eigenvalue weighted by Gasteiger charge is -2.16. The summed E-state index contributed by atoms with van der Waals surface area (Å²) in [6.07, 6.45) is 1.16. The number of para-hydroxylation sites is 2. The van der Waals surface area contributed by atoms with Crippen LogP contribution >= 0.6 is 0 Å². The molecule has 2 rings (SSSR count). The Labute approximate surface area is 120 Å². The van der Waals surface area contributed by atoms with Gasteiger partial charge in [0.05, 0.1) is 19.3 Å². The van der Waals surface area contributed by atoms with Crippen LogP contribution in [-0.2, 0) is 4.79 Å². The fourth-order valence-corrected chi connectivity index (χ4v) is 2.65. The lowest BCUT2D eigenvalue weighted by Crippen LogP contribution is -2.32. The van der Waals surface area contributed by atoms with Crippen LogP contribution in [0.4, 0.5) is 5.69 Å². The minimum atomic E-state index is 0.0135. The van der Waals surface area contributed by atoms with Crippen LogP contribution in [0.2, 0.25) is 0 Å².